The van der Waals surface area contributed by atoms with Gasteiger partial charge < -0.3 is 4.74 Å². The third kappa shape index (κ3) is 4.70. The number of carbonyl (C=O) groups excluding carboxylic acids is 2. The maximum absolute atomic E-state index is 12.0. The van der Waals surface area contributed by atoms with E-state index in [0.29, 0.717) is 12.1 Å². The molecule has 5 heteroatoms. The van der Waals surface area contributed by atoms with Crippen molar-refractivity contribution in [3.63, 3.8) is 0 Å². The average molecular weight is 298 g/mol. The Kier molecular flexibility index (Phi) is 5.25. The molecule has 0 bridgehead atoms. The summed E-state index contributed by atoms with van der Waals surface area (Å²) in [6, 6.07) is 7.44. The van der Waals surface area contributed by atoms with Gasteiger partial charge in [-0.2, -0.15) is 5.10 Å². The molecule has 22 heavy (non-hydrogen) atoms. The Balaban J connectivity index is 1.92. The predicted octanol–water partition coefficient (Wildman–Crippen LogP) is 2.65. The minimum atomic E-state index is -0.309. The van der Waals surface area contributed by atoms with Crippen molar-refractivity contribution in [1.82, 2.24) is 9.78 Å². The summed E-state index contributed by atoms with van der Waals surface area (Å²) in [5.74, 6) is -0.358. The molecule has 0 N–H and O–H groups in total. The van der Waals surface area contributed by atoms with E-state index in [2.05, 4.69) is 5.10 Å². The van der Waals surface area contributed by atoms with Crippen LogP contribution >= 0.6 is 0 Å². The fraction of sp³-hybridized carbons (Fsp3) is 0.235. The maximum atomic E-state index is 12.0. The summed E-state index contributed by atoms with van der Waals surface area (Å²) in [5, 5.41) is 4.14. The van der Waals surface area contributed by atoms with Crippen molar-refractivity contribution in [3.8, 4) is 0 Å². The van der Waals surface area contributed by atoms with Gasteiger partial charge >= 0.3 is 5.97 Å². The van der Waals surface area contributed by atoms with Gasteiger partial charge in [0.15, 0.2) is 5.78 Å². The fourth-order valence-corrected chi connectivity index (χ4v) is 1.86. The Labute approximate surface area is 129 Å². The zero-order valence-electron chi connectivity index (χ0n) is 12.7. The summed E-state index contributed by atoms with van der Waals surface area (Å²) in [6.07, 6.45) is 6.70. The standard InChI is InChI=1S/C17H18N2O3/c1-13-3-6-16(7-4-13)17(21)8-5-15-11-18-19(12-15)9-10-22-14(2)20/h3-8,11-12H,9-10H2,1-2H3/b8-5-. The van der Waals surface area contributed by atoms with Crippen LogP contribution in [0.1, 0.15) is 28.4 Å². The molecule has 1 aromatic heterocycles. The van der Waals surface area contributed by atoms with E-state index >= 15 is 0 Å². The van der Waals surface area contributed by atoms with E-state index in [1.807, 2.05) is 31.2 Å². The third-order valence-electron chi connectivity index (χ3n) is 3.04. The van der Waals surface area contributed by atoms with Crippen molar-refractivity contribution >= 4 is 17.8 Å². The lowest BCUT2D eigenvalue weighted by molar-refractivity contribution is -0.141. The van der Waals surface area contributed by atoms with Crippen LogP contribution in [-0.2, 0) is 16.1 Å². The van der Waals surface area contributed by atoms with E-state index in [9.17, 15) is 9.59 Å². The van der Waals surface area contributed by atoms with Crippen molar-refractivity contribution in [1.29, 1.82) is 0 Å². The number of ether oxygens (including phenoxy) is 1. The van der Waals surface area contributed by atoms with Gasteiger partial charge in [-0.1, -0.05) is 29.8 Å². The molecule has 0 unspecified atom stereocenters. The highest BCUT2D eigenvalue weighted by atomic mass is 16.5. The van der Waals surface area contributed by atoms with E-state index in [-0.39, 0.29) is 18.4 Å². The fourth-order valence-electron chi connectivity index (χ4n) is 1.86. The molecule has 1 heterocycles. The first kappa shape index (κ1) is 15.7. The van der Waals surface area contributed by atoms with Crippen LogP contribution in [0.15, 0.2) is 42.7 Å². The molecule has 0 amide bonds. The van der Waals surface area contributed by atoms with Crippen molar-refractivity contribution in [2.75, 3.05) is 6.61 Å². The molecule has 0 saturated heterocycles. The summed E-state index contributed by atoms with van der Waals surface area (Å²) in [7, 11) is 0. The molecule has 5 nitrogen and oxygen atoms in total. The highest BCUT2D eigenvalue weighted by molar-refractivity contribution is 6.06. The van der Waals surface area contributed by atoms with Gasteiger partial charge in [-0.15, -0.1) is 0 Å². The van der Waals surface area contributed by atoms with E-state index in [1.54, 1.807) is 23.2 Å². The molecule has 0 saturated carbocycles. The van der Waals surface area contributed by atoms with Gasteiger partial charge in [-0.05, 0) is 19.1 Å². The van der Waals surface area contributed by atoms with Gasteiger partial charge in [0.25, 0.3) is 0 Å². The number of esters is 1. The Bertz CT molecular complexity index is 684. The molecular weight excluding hydrogens is 280 g/mol. The van der Waals surface area contributed by atoms with Gasteiger partial charge in [0.1, 0.15) is 6.61 Å². The number of aryl methyl sites for hydroxylation is 1. The second kappa shape index (κ2) is 7.36. The van der Waals surface area contributed by atoms with E-state index in [0.717, 1.165) is 11.1 Å². The van der Waals surface area contributed by atoms with Crippen molar-refractivity contribution in [2.24, 2.45) is 0 Å². The van der Waals surface area contributed by atoms with E-state index in [4.69, 9.17) is 4.74 Å². The quantitative estimate of drug-likeness (QED) is 0.467. The summed E-state index contributed by atoms with van der Waals surface area (Å²) < 4.78 is 6.51. The van der Waals surface area contributed by atoms with Crippen molar-refractivity contribution < 1.29 is 14.3 Å². The number of aromatic nitrogens is 2. The first-order valence-electron chi connectivity index (χ1n) is 6.99. The zero-order chi connectivity index (χ0) is 15.9. The lowest BCUT2D eigenvalue weighted by Gasteiger charge is -2.01. The summed E-state index contributed by atoms with van der Waals surface area (Å²) in [6.45, 7) is 4.12. The van der Waals surface area contributed by atoms with E-state index in [1.165, 1.54) is 13.0 Å². The molecule has 0 radical (unpaired) electrons. The zero-order valence-corrected chi connectivity index (χ0v) is 12.7. The first-order chi connectivity index (χ1) is 10.5. The number of nitrogens with zero attached hydrogens (tertiary/aromatic N) is 2. The van der Waals surface area contributed by atoms with Crippen LogP contribution < -0.4 is 0 Å². The molecule has 0 aliphatic rings. The lowest BCUT2D eigenvalue weighted by Crippen LogP contribution is -2.08. The van der Waals surface area contributed by atoms with Crippen LogP contribution in [0.4, 0.5) is 0 Å². The van der Waals surface area contributed by atoms with Gasteiger partial charge in [-0.3, -0.25) is 14.3 Å². The second-order valence-electron chi connectivity index (χ2n) is 4.94. The van der Waals surface area contributed by atoms with Crippen molar-refractivity contribution in [2.45, 2.75) is 20.4 Å². The molecule has 2 rings (SSSR count). The smallest absolute Gasteiger partial charge is 0.302 e. The number of benzene rings is 1. The number of carbonyl (C=O) groups is 2. The normalized spacial score (nSPS) is 10.8. The average Bonchev–Trinajstić information content (AvgIpc) is 2.93. The molecular formula is C17H18N2O3. The Hall–Kier alpha value is -2.69. The van der Waals surface area contributed by atoms with Gasteiger partial charge in [0.2, 0.25) is 0 Å². The molecule has 1 aromatic carbocycles. The summed E-state index contributed by atoms with van der Waals surface area (Å²) in [4.78, 5) is 22.7. The predicted molar refractivity (Wildman–Crippen MR) is 83.4 cm³/mol. The molecule has 0 atom stereocenters. The largest absolute Gasteiger partial charge is 0.464 e. The molecule has 0 aliphatic heterocycles. The van der Waals surface area contributed by atoms with Crippen LogP contribution in [0.25, 0.3) is 6.08 Å². The first-order valence-corrected chi connectivity index (χ1v) is 6.99. The maximum Gasteiger partial charge on any atom is 0.302 e. The number of rotatable bonds is 6. The third-order valence-corrected chi connectivity index (χ3v) is 3.04. The van der Waals surface area contributed by atoms with Crippen LogP contribution in [0, 0.1) is 6.92 Å². The monoisotopic (exact) mass is 298 g/mol. The number of allylic oxidation sites excluding steroid dienone is 1. The highest BCUT2D eigenvalue weighted by Gasteiger charge is 2.02. The van der Waals surface area contributed by atoms with Gasteiger partial charge in [0, 0.05) is 24.2 Å². The minimum Gasteiger partial charge on any atom is -0.464 e. The van der Waals surface area contributed by atoms with Crippen LogP contribution in [0.3, 0.4) is 0 Å². The number of hydrogen-bond acceptors (Lipinski definition) is 4. The topological polar surface area (TPSA) is 61.2 Å². The number of hydrogen-bond donors (Lipinski definition) is 0. The number of ketones is 1. The van der Waals surface area contributed by atoms with Gasteiger partial charge in [0.05, 0.1) is 12.7 Å². The van der Waals surface area contributed by atoms with Crippen LogP contribution in [0.2, 0.25) is 0 Å². The molecule has 0 fully saturated rings. The molecule has 114 valence electrons. The minimum absolute atomic E-state index is 0.0485. The van der Waals surface area contributed by atoms with Crippen molar-refractivity contribution in [3.05, 3.63) is 59.4 Å². The molecule has 0 spiro atoms. The Morgan fingerprint density at radius 3 is 2.68 bits per heavy atom. The second-order valence-corrected chi connectivity index (χ2v) is 4.94. The van der Waals surface area contributed by atoms with Crippen LogP contribution in [-0.4, -0.2) is 28.1 Å². The SMILES string of the molecule is CC(=O)OCCn1cc(/C=C\C(=O)c2ccc(C)cc2)cn1. The lowest BCUT2D eigenvalue weighted by atomic mass is 10.1. The summed E-state index contributed by atoms with van der Waals surface area (Å²) >= 11 is 0. The molecule has 2 aromatic rings. The van der Waals surface area contributed by atoms with Crippen LogP contribution in [0.5, 0.6) is 0 Å². The Morgan fingerprint density at radius 1 is 1.27 bits per heavy atom. The van der Waals surface area contributed by atoms with Gasteiger partial charge in [-0.25, -0.2) is 0 Å². The summed E-state index contributed by atoms with van der Waals surface area (Å²) in [5.41, 5.74) is 2.60. The Morgan fingerprint density at radius 2 is 2.00 bits per heavy atom. The highest BCUT2D eigenvalue weighted by Crippen LogP contribution is 2.07. The van der Waals surface area contributed by atoms with E-state index < -0.39 is 0 Å². The molecule has 0 aliphatic carbocycles.